The van der Waals surface area contributed by atoms with Crippen LogP contribution < -0.4 is 11.0 Å². The summed E-state index contributed by atoms with van der Waals surface area (Å²) < 4.78 is 3.32. The number of carbonyl (C=O) groups excluding carboxylic acids is 1. The summed E-state index contributed by atoms with van der Waals surface area (Å²) in [5.74, 6) is -0.0569. The maximum Gasteiger partial charge on any atom is 0.329 e. The van der Waals surface area contributed by atoms with Gasteiger partial charge < -0.3 is 5.32 Å². The molecule has 0 aliphatic carbocycles. The second-order valence-electron chi connectivity index (χ2n) is 7.16. The van der Waals surface area contributed by atoms with E-state index >= 15 is 0 Å². The van der Waals surface area contributed by atoms with Gasteiger partial charge >= 0.3 is 5.69 Å². The van der Waals surface area contributed by atoms with Gasteiger partial charge in [-0.15, -0.1) is 0 Å². The van der Waals surface area contributed by atoms with Crippen LogP contribution in [0.2, 0.25) is 0 Å². The second-order valence-corrected chi connectivity index (χ2v) is 7.16. The largest absolute Gasteiger partial charge is 0.350 e. The highest BCUT2D eigenvalue weighted by atomic mass is 16.2. The Balaban J connectivity index is 1.53. The van der Waals surface area contributed by atoms with Crippen LogP contribution in [-0.2, 0) is 17.9 Å². The number of nitrogens with one attached hydrogen (secondary N) is 1. The van der Waals surface area contributed by atoms with E-state index in [9.17, 15) is 9.59 Å². The number of para-hydroxylation sites is 2. The molecule has 1 aromatic heterocycles. The van der Waals surface area contributed by atoms with E-state index in [1.54, 1.807) is 9.13 Å². The third-order valence-electron chi connectivity index (χ3n) is 5.75. The van der Waals surface area contributed by atoms with Crippen molar-refractivity contribution >= 4 is 16.9 Å². The maximum absolute atomic E-state index is 12.7. The van der Waals surface area contributed by atoms with E-state index in [2.05, 4.69) is 10.2 Å². The Morgan fingerprint density at radius 3 is 2.64 bits per heavy atom. The van der Waals surface area contributed by atoms with E-state index < -0.39 is 0 Å². The second kappa shape index (κ2) is 6.67. The van der Waals surface area contributed by atoms with Crippen molar-refractivity contribution in [3.8, 4) is 0 Å². The van der Waals surface area contributed by atoms with Crippen LogP contribution in [0.15, 0.2) is 29.1 Å². The summed E-state index contributed by atoms with van der Waals surface area (Å²) >= 11 is 0. The topological polar surface area (TPSA) is 59.3 Å². The van der Waals surface area contributed by atoms with Gasteiger partial charge in [0.1, 0.15) is 6.54 Å². The number of aromatic nitrogens is 2. The molecule has 6 heteroatoms. The van der Waals surface area contributed by atoms with Gasteiger partial charge in [-0.25, -0.2) is 4.79 Å². The highest BCUT2D eigenvalue weighted by Gasteiger charge is 2.36. The molecule has 2 atom stereocenters. The lowest BCUT2D eigenvalue weighted by molar-refractivity contribution is -0.122. The van der Waals surface area contributed by atoms with Gasteiger partial charge in [-0.05, 0) is 44.9 Å². The lowest BCUT2D eigenvalue weighted by atomic mass is 9.99. The normalized spacial score (nSPS) is 23.7. The number of benzene rings is 1. The Kier molecular flexibility index (Phi) is 4.37. The lowest BCUT2D eigenvalue weighted by Crippen LogP contribution is -2.48. The molecule has 2 aliphatic rings. The molecule has 0 spiro atoms. The van der Waals surface area contributed by atoms with E-state index in [1.165, 1.54) is 19.3 Å². The van der Waals surface area contributed by atoms with Gasteiger partial charge in [0, 0.05) is 25.2 Å². The summed E-state index contributed by atoms with van der Waals surface area (Å²) in [4.78, 5) is 27.8. The number of imidazole rings is 1. The van der Waals surface area contributed by atoms with E-state index in [-0.39, 0.29) is 24.2 Å². The van der Waals surface area contributed by atoms with Crippen LogP contribution in [0.1, 0.15) is 32.6 Å². The van der Waals surface area contributed by atoms with Crippen molar-refractivity contribution in [1.82, 2.24) is 19.4 Å². The number of aryl methyl sites for hydroxylation is 1. The van der Waals surface area contributed by atoms with Crippen molar-refractivity contribution in [1.29, 1.82) is 0 Å². The van der Waals surface area contributed by atoms with Gasteiger partial charge in [-0.3, -0.25) is 18.8 Å². The number of hydrogen-bond donors (Lipinski definition) is 1. The van der Waals surface area contributed by atoms with Gasteiger partial charge in [-0.2, -0.15) is 0 Å². The fourth-order valence-electron chi connectivity index (χ4n) is 4.54. The zero-order chi connectivity index (χ0) is 17.4. The Bertz CT molecular complexity index is 838. The molecule has 1 aromatic carbocycles. The fraction of sp³-hybridized carbons (Fsp3) is 0.579. The fourth-order valence-corrected chi connectivity index (χ4v) is 4.54. The summed E-state index contributed by atoms with van der Waals surface area (Å²) in [5.41, 5.74) is 1.61. The number of hydrogen-bond acceptors (Lipinski definition) is 3. The third-order valence-corrected chi connectivity index (χ3v) is 5.75. The molecule has 1 amide bonds. The van der Waals surface area contributed by atoms with E-state index in [1.807, 2.05) is 31.2 Å². The minimum absolute atomic E-state index is 0.0569. The monoisotopic (exact) mass is 342 g/mol. The predicted molar refractivity (Wildman–Crippen MR) is 97.6 cm³/mol. The number of fused-ring (bicyclic) bond motifs is 2. The van der Waals surface area contributed by atoms with Crippen molar-refractivity contribution in [3.63, 3.8) is 0 Å². The molecule has 0 saturated carbocycles. The lowest BCUT2D eigenvalue weighted by Gasteiger charge is -2.32. The zero-order valence-corrected chi connectivity index (χ0v) is 14.8. The van der Waals surface area contributed by atoms with Crippen LogP contribution in [0.5, 0.6) is 0 Å². The number of carbonyl (C=O) groups is 1. The molecule has 2 aromatic rings. The van der Waals surface area contributed by atoms with Gasteiger partial charge in [0.05, 0.1) is 11.0 Å². The van der Waals surface area contributed by atoms with Gasteiger partial charge in [0.25, 0.3) is 0 Å². The van der Waals surface area contributed by atoms with Crippen molar-refractivity contribution in [3.05, 3.63) is 34.7 Å². The van der Waals surface area contributed by atoms with Crippen molar-refractivity contribution in [2.24, 2.45) is 0 Å². The van der Waals surface area contributed by atoms with E-state index in [4.69, 9.17) is 0 Å². The van der Waals surface area contributed by atoms with Crippen LogP contribution >= 0.6 is 0 Å². The molecule has 3 heterocycles. The molecule has 4 rings (SSSR count). The van der Waals surface area contributed by atoms with Crippen LogP contribution in [0, 0.1) is 0 Å². The van der Waals surface area contributed by atoms with Gasteiger partial charge in [0.2, 0.25) is 5.91 Å². The third kappa shape index (κ3) is 2.88. The first-order chi connectivity index (χ1) is 12.2. The van der Waals surface area contributed by atoms with Crippen LogP contribution in [-0.4, -0.2) is 45.1 Å². The first-order valence-corrected chi connectivity index (χ1v) is 9.40. The summed E-state index contributed by atoms with van der Waals surface area (Å²) in [5, 5.41) is 3.20. The molecule has 0 bridgehead atoms. The molecule has 1 N–H and O–H groups in total. The molecule has 134 valence electrons. The first-order valence-electron chi connectivity index (χ1n) is 9.40. The zero-order valence-electron chi connectivity index (χ0n) is 14.8. The summed E-state index contributed by atoms with van der Waals surface area (Å²) in [7, 11) is 0. The van der Waals surface area contributed by atoms with Crippen LogP contribution in [0.3, 0.4) is 0 Å². The molecule has 0 radical (unpaired) electrons. The Morgan fingerprint density at radius 1 is 1.12 bits per heavy atom. The predicted octanol–water partition coefficient (Wildman–Crippen LogP) is 1.57. The number of nitrogens with zero attached hydrogens (tertiary/aromatic N) is 3. The Hall–Kier alpha value is -2.08. The highest BCUT2D eigenvalue weighted by molar-refractivity contribution is 5.81. The van der Waals surface area contributed by atoms with Gasteiger partial charge in [0.15, 0.2) is 0 Å². The quantitative estimate of drug-likeness (QED) is 0.917. The molecule has 2 fully saturated rings. The molecule has 6 nitrogen and oxygen atoms in total. The van der Waals surface area contributed by atoms with Crippen LogP contribution in [0.25, 0.3) is 11.0 Å². The maximum atomic E-state index is 12.7. The SMILES string of the molecule is CCn1c(=O)n(CC(=O)N[C@@H]2CCN3CCCC[C@H]23)c2ccccc21. The molecular weight excluding hydrogens is 316 g/mol. The molecular formula is C19H26N4O2. The summed E-state index contributed by atoms with van der Waals surface area (Å²) in [6.07, 6.45) is 4.70. The van der Waals surface area contributed by atoms with Crippen molar-refractivity contribution in [2.45, 2.75) is 57.8 Å². The first kappa shape index (κ1) is 16.4. The van der Waals surface area contributed by atoms with Crippen LogP contribution in [0.4, 0.5) is 0 Å². The standard InChI is InChI=1S/C19H26N4O2/c1-2-22-16-8-3-4-9-17(16)23(19(22)25)13-18(24)20-14-10-12-21-11-6-5-7-15(14)21/h3-4,8-9,14-15H,2,5-7,10-13H2,1H3,(H,20,24)/t14-,15-/m1/s1. The van der Waals surface area contributed by atoms with E-state index in [0.717, 1.165) is 30.5 Å². The van der Waals surface area contributed by atoms with Gasteiger partial charge in [-0.1, -0.05) is 18.6 Å². The van der Waals surface area contributed by atoms with Crippen molar-refractivity contribution in [2.75, 3.05) is 13.1 Å². The Labute approximate surface area is 147 Å². The molecule has 2 saturated heterocycles. The van der Waals surface area contributed by atoms with Crippen molar-refractivity contribution < 1.29 is 4.79 Å². The smallest absolute Gasteiger partial charge is 0.329 e. The number of piperidine rings is 1. The summed E-state index contributed by atoms with van der Waals surface area (Å²) in [6, 6.07) is 8.39. The molecule has 0 unspecified atom stereocenters. The average Bonchev–Trinajstić information content (AvgIpc) is 3.15. The minimum atomic E-state index is -0.107. The molecule has 25 heavy (non-hydrogen) atoms. The summed E-state index contributed by atoms with van der Waals surface area (Å²) in [6.45, 7) is 4.88. The number of rotatable bonds is 4. The molecule has 2 aliphatic heterocycles. The van der Waals surface area contributed by atoms with E-state index in [0.29, 0.717) is 12.6 Å². The minimum Gasteiger partial charge on any atom is -0.350 e. The average molecular weight is 342 g/mol. The number of amides is 1. The Morgan fingerprint density at radius 2 is 1.88 bits per heavy atom. The highest BCUT2D eigenvalue weighted by Crippen LogP contribution is 2.27.